The van der Waals surface area contributed by atoms with Crippen LogP contribution in [0.2, 0.25) is 6.82 Å². The average Bonchev–Trinajstić information content (AvgIpc) is 2.14. The largest absolute Gasteiger partial charge is 0.155 e. The predicted molar refractivity (Wildman–Crippen MR) is 37.0 cm³/mol. The van der Waals surface area contributed by atoms with E-state index >= 15 is 0 Å². The van der Waals surface area contributed by atoms with E-state index in [9.17, 15) is 0 Å². The number of rotatable bonds is 1. The lowest BCUT2D eigenvalue weighted by atomic mass is 9.75. The van der Waals surface area contributed by atoms with Crippen molar-refractivity contribution in [3.8, 4) is 0 Å². The lowest BCUT2D eigenvalue weighted by Crippen LogP contribution is -2.04. The molecule has 0 fully saturated rings. The Balaban J connectivity index is 2.76. The van der Waals surface area contributed by atoms with Crippen molar-refractivity contribution in [2.45, 2.75) is 6.82 Å². The zero-order chi connectivity index (χ0) is 5.11. The Labute approximate surface area is 48.4 Å². The molecular formula is C5H7BS. The summed E-state index contributed by atoms with van der Waals surface area (Å²) in [7, 11) is 1.17. The first-order valence-electron chi connectivity index (χ1n) is 2.44. The molecule has 1 heterocycles. The summed E-state index contributed by atoms with van der Waals surface area (Å²) in [5.41, 5.74) is 1.45. The molecule has 2 heteroatoms. The van der Waals surface area contributed by atoms with Crippen molar-refractivity contribution in [3.63, 3.8) is 0 Å². The third-order valence-corrected chi connectivity index (χ3v) is 1.72. The summed E-state index contributed by atoms with van der Waals surface area (Å²) >= 11 is 1.76. The molecule has 7 heavy (non-hydrogen) atoms. The van der Waals surface area contributed by atoms with Crippen LogP contribution < -0.4 is 5.46 Å². The van der Waals surface area contributed by atoms with Crippen molar-refractivity contribution in [1.82, 2.24) is 0 Å². The Morgan fingerprint density at radius 1 is 1.71 bits per heavy atom. The van der Waals surface area contributed by atoms with Gasteiger partial charge in [0, 0.05) is 0 Å². The molecule has 0 aromatic carbocycles. The van der Waals surface area contributed by atoms with Gasteiger partial charge in [-0.3, -0.25) is 0 Å². The van der Waals surface area contributed by atoms with Gasteiger partial charge >= 0.3 is 0 Å². The first kappa shape index (κ1) is 4.91. The van der Waals surface area contributed by atoms with Crippen molar-refractivity contribution in [2.24, 2.45) is 0 Å². The fourth-order valence-electron chi connectivity index (χ4n) is 0.494. The Bertz CT molecular complexity index is 123. The zero-order valence-electron chi connectivity index (χ0n) is 4.35. The van der Waals surface area contributed by atoms with Gasteiger partial charge < -0.3 is 0 Å². The van der Waals surface area contributed by atoms with Gasteiger partial charge in [-0.15, -0.1) is 0 Å². The fourth-order valence-corrected chi connectivity index (χ4v) is 1.25. The molecule has 0 spiro atoms. The van der Waals surface area contributed by atoms with Crippen molar-refractivity contribution < 1.29 is 0 Å². The van der Waals surface area contributed by atoms with Crippen LogP contribution in [0.1, 0.15) is 0 Å². The maximum absolute atomic E-state index is 2.18. The van der Waals surface area contributed by atoms with Crippen LogP contribution in [0.4, 0.5) is 0 Å². The monoisotopic (exact) mass is 110 g/mol. The molecule has 0 saturated heterocycles. The minimum atomic E-state index is 1.17. The molecule has 1 aromatic heterocycles. The second-order valence-corrected chi connectivity index (χ2v) is 2.27. The van der Waals surface area contributed by atoms with Gasteiger partial charge in [-0.1, -0.05) is 18.4 Å². The lowest BCUT2D eigenvalue weighted by molar-refractivity contribution is 2.09. The molecule has 36 valence electrons. The van der Waals surface area contributed by atoms with Crippen LogP contribution in [-0.2, 0) is 0 Å². The van der Waals surface area contributed by atoms with E-state index in [-0.39, 0.29) is 0 Å². The summed E-state index contributed by atoms with van der Waals surface area (Å²) in [6.45, 7) is 2.17. The average molecular weight is 110 g/mol. The summed E-state index contributed by atoms with van der Waals surface area (Å²) < 4.78 is 0. The first-order valence-corrected chi connectivity index (χ1v) is 3.39. The summed E-state index contributed by atoms with van der Waals surface area (Å²) in [6.07, 6.45) is 0. The fraction of sp³-hybridized carbons (Fsp3) is 0.200. The third kappa shape index (κ3) is 1.06. The quantitative estimate of drug-likeness (QED) is 0.470. The molecule has 0 unspecified atom stereocenters. The highest BCUT2D eigenvalue weighted by Crippen LogP contribution is 1.90. The summed E-state index contributed by atoms with van der Waals surface area (Å²) in [6, 6.07) is 2.16. The first-order chi connectivity index (χ1) is 3.43. The molecule has 0 nitrogen and oxygen atoms in total. The maximum atomic E-state index is 2.18. The molecule has 1 rings (SSSR count). The Hall–Kier alpha value is -0.235. The van der Waals surface area contributed by atoms with Gasteiger partial charge in [0.1, 0.15) is 0 Å². The van der Waals surface area contributed by atoms with Gasteiger partial charge in [0.2, 0.25) is 0 Å². The molecule has 0 saturated carbocycles. The second-order valence-electron chi connectivity index (χ2n) is 1.49. The highest BCUT2D eigenvalue weighted by atomic mass is 32.1. The molecule has 0 aliphatic rings. The SMILES string of the molecule is CBc1ccsc1. The standard InChI is InChI=1S/C5H7BS/c1-6-5-2-3-7-4-5/h2-4,6H,1H3. The summed E-state index contributed by atoms with van der Waals surface area (Å²) in [5.74, 6) is 0. The molecule has 1 aromatic rings. The highest BCUT2D eigenvalue weighted by Gasteiger charge is 1.84. The van der Waals surface area contributed by atoms with Crippen LogP contribution in [0.5, 0.6) is 0 Å². The molecule has 0 aliphatic carbocycles. The summed E-state index contributed by atoms with van der Waals surface area (Å²) in [5, 5.41) is 4.29. The molecule has 0 aliphatic heterocycles. The topological polar surface area (TPSA) is 0 Å². The van der Waals surface area contributed by atoms with Gasteiger partial charge in [-0.2, -0.15) is 11.3 Å². The molecule has 0 bridgehead atoms. The Kier molecular flexibility index (Phi) is 1.52. The van der Waals surface area contributed by atoms with Gasteiger partial charge in [-0.25, -0.2) is 0 Å². The van der Waals surface area contributed by atoms with E-state index in [2.05, 4.69) is 23.6 Å². The number of hydrogen-bond acceptors (Lipinski definition) is 1. The van der Waals surface area contributed by atoms with Gasteiger partial charge in [0.25, 0.3) is 0 Å². The van der Waals surface area contributed by atoms with E-state index < -0.39 is 0 Å². The Morgan fingerprint density at radius 2 is 2.57 bits per heavy atom. The smallest absolute Gasteiger partial charge is 0.153 e. The Morgan fingerprint density at radius 3 is 2.86 bits per heavy atom. The third-order valence-electron chi connectivity index (χ3n) is 0.988. The van der Waals surface area contributed by atoms with Gasteiger partial charge in [0.15, 0.2) is 7.28 Å². The van der Waals surface area contributed by atoms with E-state index in [1.54, 1.807) is 11.3 Å². The van der Waals surface area contributed by atoms with Crippen LogP contribution in [0.15, 0.2) is 16.8 Å². The van der Waals surface area contributed by atoms with E-state index in [4.69, 9.17) is 0 Å². The van der Waals surface area contributed by atoms with Crippen LogP contribution in [-0.4, -0.2) is 7.28 Å². The molecule has 0 N–H and O–H groups in total. The molecule has 0 radical (unpaired) electrons. The number of hydrogen-bond donors (Lipinski definition) is 0. The molecule has 0 atom stereocenters. The van der Waals surface area contributed by atoms with Gasteiger partial charge in [0.05, 0.1) is 0 Å². The minimum Gasteiger partial charge on any atom is -0.153 e. The zero-order valence-corrected chi connectivity index (χ0v) is 5.16. The van der Waals surface area contributed by atoms with Crippen LogP contribution in [0.3, 0.4) is 0 Å². The lowest BCUT2D eigenvalue weighted by Gasteiger charge is -1.75. The van der Waals surface area contributed by atoms with Crippen LogP contribution in [0.25, 0.3) is 0 Å². The van der Waals surface area contributed by atoms with Crippen LogP contribution in [0, 0.1) is 0 Å². The van der Waals surface area contributed by atoms with E-state index in [1.165, 1.54) is 12.7 Å². The van der Waals surface area contributed by atoms with Crippen molar-refractivity contribution in [3.05, 3.63) is 16.8 Å². The van der Waals surface area contributed by atoms with Crippen molar-refractivity contribution in [1.29, 1.82) is 0 Å². The van der Waals surface area contributed by atoms with E-state index in [1.807, 2.05) is 0 Å². The van der Waals surface area contributed by atoms with Crippen LogP contribution >= 0.6 is 11.3 Å². The van der Waals surface area contributed by atoms with E-state index in [0.717, 1.165) is 0 Å². The molecular weight excluding hydrogens is 103 g/mol. The van der Waals surface area contributed by atoms with E-state index in [0.29, 0.717) is 0 Å². The normalized spacial score (nSPS) is 8.71. The van der Waals surface area contributed by atoms with Gasteiger partial charge in [-0.05, 0) is 10.8 Å². The second kappa shape index (κ2) is 2.17. The molecule has 0 amide bonds. The van der Waals surface area contributed by atoms with Crippen molar-refractivity contribution in [2.75, 3.05) is 0 Å². The maximum Gasteiger partial charge on any atom is 0.155 e. The summed E-state index contributed by atoms with van der Waals surface area (Å²) in [4.78, 5) is 0. The number of thiophene rings is 1. The van der Waals surface area contributed by atoms with Crippen molar-refractivity contribution >= 4 is 24.1 Å². The predicted octanol–water partition coefficient (Wildman–Crippen LogP) is 0.858. The highest BCUT2D eigenvalue weighted by molar-refractivity contribution is 7.09. The minimum absolute atomic E-state index is 1.17.